The highest BCUT2D eigenvalue weighted by Crippen LogP contribution is 2.33. The zero-order valence-electron chi connectivity index (χ0n) is 21.5. The summed E-state index contributed by atoms with van der Waals surface area (Å²) in [6.07, 6.45) is 3.77. The van der Waals surface area contributed by atoms with Gasteiger partial charge in [-0.1, -0.05) is 11.6 Å². The number of hydrogen-bond acceptors (Lipinski definition) is 8. The Kier molecular flexibility index (Phi) is 9.98. The van der Waals surface area contributed by atoms with E-state index in [1.54, 1.807) is 26.4 Å². The van der Waals surface area contributed by atoms with E-state index in [0.717, 1.165) is 62.2 Å². The van der Waals surface area contributed by atoms with E-state index in [1.807, 2.05) is 13.0 Å². The monoisotopic (exact) mass is 520 g/mol. The van der Waals surface area contributed by atoms with Crippen LogP contribution in [0.5, 0.6) is 17.2 Å². The minimum atomic E-state index is -3.53. The molecule has 0 saturated carbocycles. The van der Waals surface area contributed by atoms with Crippen LogP contribution in [0.4, 0.5) is 0 Å². The van der Waals surface area contributed by atoms with Crippen molar-refractivity contribution in [1.82, 2.24) is 10.2 Å². The second kappa shape index (κ2) is 12.9. The first-order valence-electron chi connectivity index (χ1n) is 12.0. The van der Waals surface area contributed by atoms with Gasteiger partial charge >= 0.3 is 0 Å². The number of unbranched alkanes of at least 4 members (excludes halogenated alkanes) is 1. The first kappa shape index (κ1) is 27.8. The van der Waals surface area contributed by atoms with Crippen molar-refractivity contribution < 1.29 is 31.6 Å². The summed E-state index contributed by atoms with van der Waals surface area (Å²) in [7, 11) is -0.226. The number of methoxy groups -OCH3 is 2. The molecule has 1 aliphatic rings. The van der Waals surface area contributed by atoms with Gasteiger partial charge in [0.2, 0.25) is 0 Å². The van der Waals surface area contributed by atoms with Gasteiger partial charge in [0, 0.05) is 19.6 Å². The quantitative estimate of drug-likeness (QED) is 0.318. The van der Waals surface area contributed by atoms with Crippen molar-refractivity contribution in [3.05, 3.63) is 52.6 Å². The van der Waals surface area contributed by atoms with Crippen LogP contribution in [0.15, 0.2) is 30.3 Å². The molecular weight excluding hydrogens is 484 g/mol. The lowest BCUT2D eigenvalue weighted by Gasteiger charge is -2.29. The SMILES string of the molecule is COc1cc2c(cc1OC)CN(CCCCNC(=O)c1cc(C)ccc1OCCOS(C)(=O)=O)CC2. The number of carbonyl (C=O) groups excluding carboxylic acids is 1. The van der Waals surface area contributed by atoms with E-state index >= 15 is 0 Å². The molecular formula is C26H36N2O7S. The first-order valence-corrected chi connectivity index (χ1v) is 13.8. The molecule has 10 heteroatoms. The Morgan fingerprint density at radius 1 is 1.00 bits per heavy atom. The second-order valence-corrected chi connectivity index (χ2v) is 10.5. The molecule has 198 valence electrons. The topological polar surface area (TPSA) is 103 Å². The number of nitrogens with one attached hydrogen (secondary N) is 1. The summed E-state index contributed by atoms with van der Waals surface area (Å²) in [4.78, 5) is 15.2. The fourth-order valence-electron chi connectivity index (χ4n) is 4.17. The molecule has 36 heavy (non-hydrogen) atoms. The highest BCUT2D eigenvalue weighted by molar-refractivity contribution is 7.85. The molecule has 0 spiro atoms. The predicted molar refractivity (Wildman–Crippen MR) is 138 cm³/mol. The number of aryl methyl sites for hydroxylation is 1. The van der Waals surface area contributed by atoms with Crippen molar-refractivity contribution in [1.29, 1.82) is 0 Å². The molecule has 2 aromatic rings. The average Bonchev–Trinajstić information content (AvgIpc) is 2.85. The first-order chi connectivity index (χ1) is 17.2. The van der Waals surface area contributed by atoms with E-state index in [0.29, 0.717) is 17.9 Å². The van der Waals surface area contributed by atoms with Crippen LogP contribution >= 0.6 is 0 Å². The Bertz CT molecular complexity index is 1150. The summed E-state index contributed by atoms with van der Waals surface area (Å²) in [5.74, 6) is 1.70. The molecule has 0 aliphatic carbocycles. The van der Waals surface area contributed by atoms with Gasteiger partial charge in [-0.2, -0.15) is 8.42 Å². The van der Waals surface area contributed by atoms with Crippen molar-refractivity contribution >= 4 is 16.0 Å². The number of fused-ring (bicyclic) bond motifs is 1. The number of benzene rings is 2. The van der Waals surface area contributed by atoms with Gasteiger partial charge in [-0.05, 0) is 68.1 Å². The summed E-state index contributed by atoms with van der Waals surface area (Å²) >= 11 is 0. The molecule has 0 unspecified atom stereocenters. The number of amides is 1. The van der Waals surface area contributed by atoms with Crippen molar-refractivity contribution in [3.8, 4) is 17.2 Å². The molecule has 0 saturated heterocycles. The van der Waals surface area contributed by atoms with E-state index in [1.165, 1.54) is 11.1 Å². The van der Waals surface area contributed by atoms with Crippen LogP contribution in [-0.4, -0.2) is 72.5 Å². The number of hydrogen-bond donors (Lipinski definition) is 1. The van der Waals surface area contributed by atoms with E-state index in [2.05, 4.69) is 26.5 Å². The highest BCUT2D eigenvalue weighted by atomic mass is 32.2. The molecule has 0 bridgehead atoms. The molecule has 3 rings (SSSR count). The Hall–Kier alpha value is -2.82. The second-order valence-electron chi connectivity index (χ2n) is 8.84. The molecule has 1 heterocycles. The third kappa shape index (κ3) is 8.11. The zero-order valence-corrected chi connectivity index (χ0v) is 22.3. The van der Waals surface area contributed by atoms with Gasteiger partial charge in [0.05, 0.1) is 26.0 Å². The summed E-state index contributed by atoms with van der Waals surface area (Å²) < 4.78 is 43.3. The van der Waals surface area contributed by atoms with Gasteiger partial charge in [0.25, 0.3) is 16.0 Å². The maximum Gasteiger partial charge on any atom is 0.264 e. The van der Waals surface area contributed by atoms with Crippen molar-refractivity contribution in [2.75, 3.05) is 53.3 Å². The fourth-order valence-corrected chi connectivity index (χ4v) is 4.54. The Balaban J connectivity index is 1.44. The van der Waals surface area contributed by atoms with Gasteiger partial charge in [0.1, 0.15) is 19.0 Å². The fraction of sp³-hybridized carbons (Fsp3) is 0.500. The molecule has 0 radical (unpaired) electrons. The molecule has 1 N–H and O–H groups in total. The third-order valence-corrected chi connectivity index (χ3v) is 6.60. The minimum Gasteiger partial charge on any atom is -0.493 e. The molecule has 2 aromatic carbocycles. The average molecular weight is 521 g/mol. The third-order valence-electron chi connectivity index (χ3n) is 6.00. The number of carbonyl (C=O) groups is 1. The van der Waals surface area contributed by atoms with Crippen LogP contribution in [0.1, 0.15) is 39.9 Å². The van der Waals surface area contributed by atoms with Crippen molar-refractivity contribution in [3.63, 3.8) is 0 Å². The molecule has 0 atom stereocenters. The zero-order chi connectivity index (χ0) is 26.1. The predicted octanol–water partition coefficient (Wildman–Crippen LogP) is 2.94. The van der Waals surface area contributed by atoms with Crippen LogP contribution in [0, 0.1) is 6.92 Å². The standard InChI is InChI=1S/C26H36N2O7S/c1-19-7-8-23(34-13-14-35-36(4,30)31)22(15-19)26(29)27-10-5-6-11-28-12-9-20-16-24(32-2)25(33-3)17-21(20)18-28/h7-8,15-17H,5-6,9-14,18H2,1-4H3,(H,27,29). The smallest absolute Gasteiger partial charge is 0.264 e. The van der Waals surface area contributed by atoms with Crippen molar-refractivity contribution in [2.45, 2.75) is 32.7 Å². The number of nitrogens with zero attached hydrogens (tertiary/aromatic N) is 1. The Morgan fingerprint density at radius 2 is 1.72 bits per heavy atom. The van der Waals surface area contributed by atoms with E-state index in [-0.39, 0.29) is 19.1 Å². The number of rotatable bonds is 13. The van der Waals surface area contributed by atoms with Crippen molar-refractivity contribution in [2.24, 2.45) is 0 Å². The summed E-state index contributed by atoms with van der Waals surface area (Å²) in [5, 5.41) is 2.97. The molecule has 0 fully saturated rings. The van der Waals surface area contributed by atoms with E-state index in [9.17, 15) is 13.2 Å². The number of ether oxygens (including phenoxy) is 3. The summed E-state index contributed by atoms with van der Waals surface area (Å²) in [5.41, 5.74) is 3.92. The minimum absolute atomic E-state index is 0.0219. The lowest BCUT2D eigenvalue weighted by Crippen LogP contribution is -2.32. The lowest BCUT2D eigenvalue weighted by molar-refractivity contribution is 0.0947. The van der Waals surface area contributed by atoms with E-state index in [4.69, 9.17) is 14.2 Å². The summed E-state index contributed by atoms with van der Waals surface area (Å²) in [6.45, 7) is 5.16. The van der Waals surface area contributed by atoms with E-state index < -0.39 is 10.1 Å². The highest BCUT2D eigenvalue weighted by Gasteiger charge is 2.19. The maximum absolute atomic E-state index is 12.8. The largest absolute Gasteiger partial charge is 0.493 e. The van der Waals surface area contributed by atoms with Gasteiger partial charge < -0.3 is 19.5 Å². The molecule has 0 aromatic heterocycles. The molecule has 1 aliphatic heterocycles. The van der Waals surface area contributed by atoms with Gasteiger partial charge in [-0.15, -0.1) is 0 Å². The van der Waals surface area contributed by atoms with Crippen LogP contribution in [0.25, 0.3) is 0 Å². The Labute approximate surface area is 213 Å². The van der Waals surface area contributed by atoms with Gasteiger partial charge in [-0.3, -0.25) is 13.9 Å². The van der Waals surface area contributed by atoms with Gasteiger partial charge in [0.15, 0.2) is 11.5 Å². The maximum atomic E-state index is 12.8. The van der Waals surface area contributed by atoms with Crippen LogP contribution in [-0.2, 0) is 27.3 Å². The van der Waals surface area contributed by atoms with Crippen LogP contribution < -0.4 is 19.5 Å². The molecule has 1 amide bonds. The summed E-state index contributed by atoms with van der Waals surface area (Å²) in [6, 6.07) is 9.45. The molecule has 9 nitrogen and oxygen atoms in total. The lowest BCUT2D eigenvalue weighted by atomic mass is 9.98. The Morgan fingerprint density at radius 3 is 2.42 bits per heavy atom. The van der Waals surface area contributed by atoms with Gasteiger partial charge in [-0.25, -0.2) is 0 Å². The van der Waals surface area contributed by atoms with Crippen LogP contribution in [0.2, 0.25) is 0 Å². The van der Waals surface area contributed by atoms with Crippen LogP contribution in [0.3, 0.4) is 0 Å². The normalized spacial score (nSPS) is 13.7.